The summed E-state index contributed by atoms with van der Waals surface area (Å²) >= 11 is 5.85. The summed E-state index contributed by atoms with van der Waals surface area (Å²) in [6.07, 6.45) is 0.939. The van der Waals surface area contributed by atoms with Gasteiger partial charge >= 0.3 is 5.97 Å². The number of hydrogen-bond acceptors (Lipinski definition) is 3. The minimum absolute atomic E-state index is 0.132. The van der Waals surface area contributed by atoms with Crippen LogP contribution in [0.1, 0.15) is 22.3 Å². The first-order valence-corrected chi connectivity index (χ1v) is 5.52. The van der Waals surface area contributed by atoms with Crippen molar-refractivity contribution in [3.8, 4) is 0 Å². The SMILES string of the molecule is O=C1OCC[C@]12Cc1ccc(Cl)cc1C2=O. The van der Waals surface area contributed by atoms with Crippen molar-refractivity contribution in [2.24, 2.45) is 5.41 Å². The molecule has 0 radical (unpaired) electrons. The molecule has 0 amide bonds. The van der Waals surface area contributed by atoms with Gasteiger partial charge in [-0.25, -0.2) is 0 Å². The van der Waals surface area contributed by atoms with E-state index in [4.69, 9.17) is 16.3 Å². The molecule has 1 spiro atoms. The Balaban J connectivity index is 2.13. The maximum absolute atomic E-state index is 12.2. The highest BCUT2D eigenvalue weighted by Crippen LogP contribution is 2.44. The fourth-order valence-corrected chi connectivity index (χ4v) is 2.67. The van der Waals surface area contributed by atoms with Gasteiger partial charge in [0.15, 0.2) is 5.78 Å². The van der Waals surface area contributed by atoms with Crippen LogP contribution in [-0.4, -0.2) is 18.4 Å². The zero-order chi connectivity index (χ0) is 11.3. The van der Waals surface area contributed by atoms with Crippen LogP contribution >= 0.6 is 11.6 Å². The number of rotatable bonds is 0. The monoisotopic (exact) mass is 236 g/mol. The molecule has 1 atom stereocenters. The van der Waals surface area contributed by atoms with E-state index in [0.717, 1.165) is 5.56 Å². The predicted octanol–water partition coefficient (Wildman–Crippen LogP) is 2.01. The molecule has 1 fully saturated rings. The lowest BCUT2D eigenvalue weighted by atomic mass is 9.82. The highest BCUT2D eigenvalue weighted by atomic mass is 35.5. The Morgan fingerprint density at radius 3 is 2.81 bits per heavy atom. The smallest absolute Gasteiger partial charge is 0.320 e. The second kappa shape index (κ2) is 3.08. The highest BCUT2D eigenvalue weighted by Gasteiger charge is 2.55. The van der Waals surface area contributed by atoms with Crippen molar-refractivity contribution >= 4 is 23.4 Å². The molecular weight excluding hydrogens is 228 g/mol. The van der Waals surface area contributed by atoms with Gasteiger partial charge in [0.1, 0.15) is 5.41 Å². The topological polar surface area (TPSA) is 43.4 Å². The van der Waals surface area contributed by atoms with Gasteiger partial charge in [-0.2, -0.15) is 0 Å². The lowest BCUT2D eigenvalue weighted by Gasteiger charge is -2.14. The molecule has 1 aliphatic heterocycles. The summed E-state index contributed by atoms with van der Waals surface area (Å²) in [7, 11) is 0. The van der Waals surface area contributed by atoms with Crippen LogP contribution in [0.5, 0.6) is 0 Å². The Hall–Kier alpha value is -1.35. The molecule has 2 aliphatic rings. The van der Waals surface area contributed by atoms with Crippen LogP contribution in [0, 0.1) is 5.41 Å². The van der Waals surface area contributed by atoms with E-state index in [9.17, 15) is 9.59 Å². The molecule has 0 N–H and O–H groups in total. The van der Waals surface area contributed by atoms with Crippen molar-refractivity contribution in [3.05, 3.63) is 34.3 Å². The van der Waals surface area contributed by atoms with E-state index < -0.39 is 5.41 Å². The fourth-order valence-electron chi connectivity index (χ4n) is 2.50. The molecule has 1 aliphatic carbocycles. The number of Topliss-reactive ketones (excluding diaryl/α,β-unsaturated/α-hetero) is 1. The van der Waals surface area contributed by atoms with Gasteiger partial charge < -0.3 is 4.74 Å². The number of carbonyl (C=O) groups is 2. The van der Waals surface area contributed by atoms with Gasteiger partial charge in [-0.1, -0.05) is 17.7 Å². The number of hydrogen-bond donors (Lipinski definition) is 0. The van der Waals surface area contributed by atoms with Gasteiger partial charge in [0.2, 0.25) is 0 Å². The molecule has 1 aromatic rings. The van der Waals surface area contributed by atoms with Crippen LogP contribution in [0.2, 0.25) is 5.02 Å². The molecule has 0 bridgehead atoms. The maximum atomic E-state index is 12.2. The summed E-state index contributed by atoms with van der Waals surface area (Å²) in [4.78, 5) is 23.9. The average molecular weight is 237 g/mol. The normalized spacial score (nSPS) is 27.3. The van der Waals surface area contributed by atoms with Gasteiger partial charge in [-0.05, 0) is 24.1 Å². The summed E-state index contributed by atoms with van der Waals surface area (Å²) in [5.74, 6) is -0.516. The molecule has 82 valence electrons. The first-order chi connectivity index (χ1) is 7.63. The number of carbonyl (C=O) groups excluding carboxylic acids is 2. The number of benzene rings is 1. The van der Waals surface area contributed by atoms with E-state index in [2.05, 4.69) is 0 Å². The molecule has 3 rings (SSSR count). The first-order valence-electron chi connectivity index (χ1n) is 5.14. The molecule has 3 nitrogen and oxygen atoms in total. The Labute approximate surface area is 97.3 Å². The number of cyclic esters (lactones) is 1. The minimum atomic E-state index is -0.951. The zero-order valence-corrected chi connectivity index (χ0v) is 9.21. The van der Waals surface area contributed by atoms with E-state index in [1.807, 2.05) is 6.07 Å². The minimum Gasteiger partial charge on any atom is -0.465 e. The van der Waals surface area contributed by atoms with Crippen LogP contribution in [-0.2, 0) is 16.0 Å². The van der Waals surface area contributed by atoms with Crippen molar-refractivity contribution in [3.63, 3.8) is 0 Å². The Kier molecular flexibility index (Phi) is 1.89. The van der Waals surface area contributed by atoms with Crippen LogP contribution < -0.4 is 0 Å². The summed E-state index contributed by atoms with van der Waals surface area (Å²) in [5, 5.41) is 0.524. The van der Waals surface area contributed by atoms with E-state index in [-0.39, 0.29) is 11.8 Å². The van der Waals surface area contributed by atoms with Crippen LogP contribution in [0.4, 0.5) is 0 Å². The number of esters is 1. The maximum Gasteiger partial charge on any atom is 0.320 e. The third-order valence-electron chi connectivity index (χ3n) is 3.40. The summed E-state index contributed by atoms with van der Waals surface area (Å²) in [6.45, 7) is 0.340. The quantitative estimate of drug-likeness (QED) is 0.511. The number of ketones is 1. The summed E-state index contributed by atoms with van der Waals surface area (Å²) < 4.78 is 4.93. The zero-order valence-electron chi connectivity index (χ0n) is 8.46. The fraction of sp³-hybridized carbons (Fsp3) is 0.333. The molecular formula is C12H9ClO3. The Morgan fingerprint density at radius 1 is 1.31 bits per heavy atom. The van der Waals surface area contributed by atoms with Crippen LogP contribution in [0.15, 0.2) is 18.2 Å². The van der Waals surface area contributed by atoms with Gasteiger partial charge in [-0.15, -0.1) is 0 Å². The van der Waals surface area contributed by atoms with Crippen molar-refractivity contribution < 1.29 is 14.3 Å². The van der Waals surface area contributed by atoms with Crippen LogP contribution in [0.25, 0.3) is 0 Å². The molecule has 16 heavy (non-hydrogen) atoms. The summed E-state index contributed by atoms with van der Waals surface area (Å²) in [6, 6.07) is 5.20. The number of ether oxygens (including phenoxy) is 1. The number of halogens is 1. The lowest BCUT2D eigenvalue weighted by molar-refractivity contribution is -0.143. The Morgan fingerprint density at radius 2 is 2.12 bits per heavy atom. The van der Waals surface area contributed by atoms with Crippen molar-refractivity contribution in [2.45, 2.75) is 12.8 Å². The Bertz CT molecular complexity index is 509. The van der Waals surface area contributed by atoms with E-state index in [1.54, 1.807) is 12.1 Å². The molecule has 0 saturated carbocycles. The van der Waals surface area contributed by atoms with E-state index >= 15 is 0 Å². The number of fused-ring (bicyclic) bond motifs is 1. The van der Waals surface area contributed by atoms with Crippen molar-refractivity contribution in [1.29, 1.82) is 0 Å². The largest absolute Gasteiger partial charge is 0.465 e. The standard InChI is InChI=1S/C12H9ClO3/c13-8-2-1-7-6-12(3-4-16-11(12)15)10(14)9(7)5-8/h1-2,5H,3-4,6H2/t12-/m1/s1. The lowest BCUT2D eigenvalue weighted by Crippen LogP contribution is -2.32. The van der Waals surface area contributed by atoms with Gasteiger partial charge in [0, 0.05) is 17.0 Å². The molecule has 1 aromatic carbocycles. The van der Waals surface area contributed by atoms with Crippen molar-refractivity contribution in [2.75, 3.05) is 6.61 Å². The van der Waals surface area contributed by atoms with Gasteiger partial charge in [-0.3, -0.25) is 9.59 Å². The van der Waals surface area contributed by atoms with Gasteiger partial charge in [0.05, 0.1) is 6.61 Å². The predicted molar refractivity (Wildman–Crippen MR) is 57.5 cm³/mol. The second-order valence-corrected chi connectivity index (χ2v) is 4.71. The molecule has 1 heterocycles. The molecule has 1 saturated heterocycles. The van der Waals surface area contributed by atoms with Crippen LogP contribution in [0.3, 0.4) is 0 Å². The van der Waals surface area contributed by atoms with Gasteiger partial charge in [0.25, 0.3) is 0 Å². The van der Waals surface area contributed by atoms with E-state index in [1.165, 1.54) is 0 Å². The molecule has 0 aromatic heterocycles. The first kappa shape index (κ1) is 9.85. The van der Waals surface area contributed by atoms with Crippen molar-refractivity contribution in [1.82, 2.24) is 0 Å². The third kappa shape index (κ3) is 1.09. The van der Waals surface area contributed by atoms with E-state index in [0.29, 0.717) is 30.0 Å². The summed E-state index contributed by atoms with van der Waals surface area (Å²) in [5.41, 5.74) is 0.520. The highest BCUT2D eigenvalue weighted by molar-refractivity contribution is 6.31. The average Bonchev–Trinajstić information content (AvgIpc) is 2.75. The third-order valence-corrected chi connectivity index (χ3v) is 3.63. The molecule has 4 heteroatoms. The molecule has 0 unspecified atom stereocenters. The second-order valence-electron chi connectivity index (χ2n) is 4.28.